The molecule has 2 aromatic rings. The molecule has 2 aromatic carbocycles. The van der Waals surface area contributed by atoms with Crippen LogP contribution < -0.4 is 0 Å². The average molecular weight is 435 g/mol. The molecule has 0 aliphatic rings. The summed E-state index contributed by atoms with van der Waals surface area (Å²) in [5.41, 5.74) is 2.41. The van der Waals surface area contributed by atoms with E-state index in [9.17, 15) is 10.2 Å². The van der Waals surface area contributed by atoms with Gasteiger partial charge in [0.1, 0.15) is 11.5 Å². The lowest BCUT2D eigenvalue weighted by molar-refractivity contribution is 0.467. The van der Waals surface area contributed by atoms with Gasteiger partial charge in [-0.1, -0.05) is 31.5 Å². The molecular formula is C16H15Br2ClO2. The number of phenolic OH excluding ortho intramolecular Hbond substituents is 2. The monoisotopic (exact) mass is 432 g/mol. The molecule has 21 heavy (non-hydrogen) atoms. The van der Waals surface area contributed by atoms with Crippen LogP contribution in [0.4, 0.5) is 0 Å². The van der Waals surface area contributed by atoms with E-state index in [1.807, 2.05) is 25.1 Å². The maximum absolute atomic E-state index is 9.84. The minimum absolute atomic E-state index is 0.115. The zero-order chi connectivity index (χ0) is 15.9. The van der Waals surface area contributed by atoms with Crippen molar-refractivity contribution in [2.75, 3.05) is 0 Å². The summed E-state index contributed by atoms with van der Waals surface area (Å²) in [5.74, 6) is 0.291. The molecule has 2 rings (SSSR count). The van der Waals surface area contributed by atoms with Crippen LogP contribution in [0, 0.1) is 6.92 Å². The Morgan fingerprint density at radius 3 is 1.86 bits per heavy atom. The first-order chi connectivity index (χ1) is 9.64. The Morgan fingerprint density at radius 1 is 0.905 bits per heavy atom. The Labute approximate surface area is 146 Å². The maximum atomic E-state index is 9.84. The van der Waals surface area contributed by atoms with E-state index in [4.69, 9.17) is 11.6 Å². The van der Waals surface area contributed by atoms with Crippen molar-refractivity contribution in [3.8, 4) is 11.5 Å². The molecule has 0 bridgehead atoms. The Kier molecular flexibility index (Phi) is 4.62. The number of benzene rings is 2. The number of rotatable bonds is 2. The lowest BCUT2D eigenvalue weighted by Gasteiger charge is -2.28. The molecule has 0 spiro atoms. The molecule has 0 fully saturated rings. The highest BCUT2D eigenvalue weighted by molar-refractivity contribution is 9.11. The fourth-order valence-electron chi connectivity index (χ4n) is 2.19. The highest BCUT2D eigenvalue weighted by Gasteiger charge is 2.26. The van der Waals surface area contributed by atoms with E-state index in [-0.39, 0.29) is 16.9 Å². The van der Waals surface area contributed by atoms with E-state index >= 15 is 0 Å². The SMILES string of the molecule is Cc1cc(C(C)(C)c2cc(Br)c(O)c(Br)c2)cc(Cl)c1O. The summed E-state index contributed by atoms with van der Waals surface area (Å²) in [6, 6.07) is 7.47. The molecule has 0 saturated carbocycles. The van der Waals surface area contributed by atoms with Crippen LogP contribution in [0.5, 0.6) is 11.5 Å². The van der Waals surface area contributed by atoms with Crippen LogP contribution in [0.1, 0.15) is 30.5 Å². The highest BCUT2D eigenvalue weighted by atomic mass is 79.9. The predicted octanol–water partition coefficient (Wildman–Crippen LogP) is 5.91. The van der Waals surface area contributed by atoms with Gasteiger partial charge in [-0.2, -0.15) is 0 Å². The van der Waals surface area contributed by atoms with Crippen LogP contribution in [-0.2, 0) is 5.41 Å². The van der Waals surface area contributed by atoms with Crippen LogP contribution in [0.3, 0.4) is 0 Å². The van der Waals surface area contributed by atoms with Gasteiger partial charge in [-0.05, 0) is 73.7 Å². The Balaban J connectivity index is 2.61. The zero-order valence-electron chi connectivity index (χ0n) is 11.8. The summed E-state index contributed by atoms with van der Waals surface area (Å²) in [7, 11) is 0. The van der Waals surface area contributed by atoms with Crippen LogP contribution in [0.25, 0.3) is 0 Å². The summed E-state index contributed by atoms with van der Waals surface area (Å²) in [6.45, 7) is 5.96. The second-order valence-corrected chi connectivity index (χ2v) is 7.65. The molecule has 0 aromatic heterocycles. The minimum atomic E-state index is -0.332. The van der Waals surface area contributed by atoms with Gasteiger partial charge in [0.2, 0.25) is 0 Å². The summed E-state index contributed by atoms with van der Waals surface area (Å²) < 4.78 is 1.25. The smallest absolute Gasteiger partial charge is 0.143 e. The third-order valence-electron chi connectivity index (χ3n) is 3.71. The lowest BCUT2D eigenvalue weighted by atomic mass is 9.77. The summed E-state index contributed by atoms with van der Waals surface area (Å²) in [4.78, 5) is 0. The Bertz CT molecular complexity index is 606. The van der Waals surface area contributed by atoms with Crippen molar-refractivity contribution in [2.45, 2.75) is 26.2 Å². The van der Waals surface area contributed by atoms with Gasteiger partial charge in [0.15, 0.2) is 0 Å². The van der Waals surface area contributed by atoms with Crippen LogP contribution in [0.2, 0.25) is 5.02 Å². The molecule has 0 unspecified atom stereocenters. The highest BCUT2D eigenvalue weighted by Crippen LogP contribution is 2.41. The van der Waals surface area contributed by atoms with Crippen molar-refractivity contribution >= 4 is 43.5 Å². The predicted molar refractivity (Wildman–Crippen MR) is 93.5 cm³/mol. The fraction of sp³-hybridized carbons (Fsp3) is 0.250. The molecule has 0 radical (unpaired) electrons. The Morgan fingerprint density at radius 2 is 1.38 bits per heavy atom. The molecule has 0 aliphatic carbocycles. The summed E-state index contributed by atoms with van der Waals surface area (Å²) >= 11 is 12.8. The van der Waals surface area contributed by atoms with Crippen molar-refractivity contribution in [3.05, 3.63) is 54.9 Å². The summed E-state index contributed by atoms with van der Waals surface area (Å²) in [6.07, 6.45) is 0. The second kappa shape index (κ2) is 5.82. The Hall–Kier alpha value is -0.710. The van der Waals surface area contributed by atoms with E-state index in [2.05, 4.69) is 45.7 Å². The van der Waals surface area contributed by atoms with Crippen LogP contribution in [0.15, 0.2) is 33.2 Å². The fourth-order valence-corrected chi connectivity index (χ4v) is 3.64. The van der Waals surface area contributed by atoms with E-state index in [1.165, 1.54) is 0 Å². The molecule has 2 nitrogen and oxygen atoms in total. The number of halogens is 3. The normalized spacial score (nSPS) is 11.7. The van der Waals surface area contributed by atoms with Crippen molar-refractivity contribution in [1.82, 2.24) is 0 Å². The van der Waals surface area contributed by atoms with Crippen LogP contribution >= 0.6 is 43.5 Å². The number of aryl methyl sites for hydroxylation is 1. The maximum Gasteiger partial charge on any atom is 0.143 e. The quantitative estimate of drug-likeness (QED) is 0.617. The van der Waals surface area contributed by atoms with E-state index in [0.29, 0.717) is 14.0 Å². The molecule has 0 aliphatic heterocycles. The van der Waals surface area contributed by atoms with Crippen molar-refractivity contribution < 1.29 is 10.2 Å². The van der Waals surface area contributed by atoms with Crippen molar-refractivity contribution in [2.24, 2.45) is 0 Å². The number of phenols is 2. The first kappa shape index (κ1) is 16.7. The first-order valence-electron chi connectivity index (χ1n) is 6.32. The molecule has 112 valence electrons. The lowest BCUT2D eigenvalue weighted by Crippen LogP contribution is -2.19. The van der Waals surface area contributed by atoms with Crippen molar-refractivity contribution in [3.63, 3.8) is 0 Å². The van der Waals surface area contributed by atoms with E-state index in [1.54, 1.807) is 6.07 Å². The average Bonchev–Trinajstić information content (AvgIpc) is 2.40. The van der Waals surface area contributed by atoms with Gasteiger partial charge in [-0.3, -0.25) is 0 Å². The third kappa shape index (κ3) is 3.08. The molecule has 0 saturated heterocycles. The number of hydrogen-bond acceptors (Lipinski definition) is 2. The summed E-state index contributed by atoms with van der Waals surface area (Å²) in [5, 5.41) is 20.0. The molecule has 0 atom stereocenters. The molecule has 0 amide bonds. The standard InChI is InChI=1S/C16H15Br2ClO2/c1-8-4-9(7-13(19)14(8)20)16(2,3)10-5-11(17)15(21)12(18)6-10/h4-7,20-21H,1-3H3. The van der Waals surface area contributed by atoms with Gasteiger partial charge >= 0.3 is 0 Å². The van der Waals surface area contributed by atoms with E-state index in [0.717, 1.165) is 16.7 Å². The topological polar surface area (TPSA) is 40.5 Å². The van der Waals surface area contributed by atoms with Gasteiger partial charge in [0, 0.05) is 5.41 Å². The van der Waals surface area contributed by atoms with Gasteiger partial charge in [0.25, 0.3) is 0 Å². The molecule has 5 heteroatoms. The molecular weight excluding hydrogens is 419 g/mol. The largest absolute Gasteiger partial charge is 0.506 e. The van der Waals surface area contributed by atoms with Crippen LogP contribution in [-0.4, -0.2) is 10.2 Å². The van der Waals surface area contributed by atoms with Gasteiger partial charge in [0.05, 0.1) is 14.0 Å². The molecule has 0 heterocycles. The van der Waals surface area contributed by atoms with Crippen molar-refractivity contribution in [1.29, 1.82) is 0 Å². The van der Waals surface area contributed by atoms with Gasteiger partial charge < -0.3 is 10.2 Å². The van der Waals surface area contributed by atoms with E-state index < -0.39 is 0 Å². The number of hydrogen-bond donors (Lipinski definition) is 2. The second-order valence-electron chi connectivity index (χ2n) is 5.54. The number of aromatic hydroxyl groups is 2. The zero-order valence-corrected chi connectivity index (χ0v) is 15.8. The third-order valence-corrected chi connectivity index (χ3v) is 5.21. The first-order valence-corrected chi connectivity index (χ1v) is 8.29. The molecule has 2 N–H and O–H groups in total. The van der Waals surface area contributed by atoms with Gasteiger partial charge in [-0.25, -0.2) is 0 Å². The van der Waals surface area contributed by atoms with Gasteiger partial charge in [-0.15, -0.1) is 0 Å². The minimum Gasteiger partial charge on any atom is -0.506 e.